The number of halogens is 1. The molecule has 0 radical (unpaired) electrons. The van der Waals surface area contributed by atoms with Crippen LogP contribution in [0.15, 0.2) is 12.1 Å². The van der Waals surface area contributed by atoms with Gasteiger partial charge >= 0.3 is 0 Å². The summed E-state index contributed by atoms with van der Waals surface area (Å²) in [6.07, 6.45) is 0. The number of nitriles is 1. The molecule has 0 aliphatic rings. The van der Waals surface area contributed by atoms with Crippen LogP contribution in [0.2, 0.25) is 5.15 Å². The summed E-state index contributed by atoms with van der Waals surface area (Å²) in [5, 5.41) is 20.8. The molecule has 0 bridgehead atoms. The minimum Gasteiger partial charge on any atom is -0.382 e. The van der Waals surface area contributed by atoms with Crippen LogP contribution >= 0.6 is 11.6 Å². The second-order valence-corrected chi connectivity index (χ2v) is 3.47. The Morgan fingerprint density at radius 3 is 2.69 bits per heavy atom. The normalized spacial score (nSPS) is 10.1. The van der Waals surface area contributed by atoms with Gasteiger partial charge in [-0.15, -0.1) is 10.2 Å². The first kappa shape index (κ1) is 10.4. The highest BCUT2D eigenvalue weighted by molar-refractivity contribution is 6.29. The maximum Gasteiger partial charge on any atom is 0.178 e. The van der Waals surface area contributed by atoms with Crippen LogP contribution in [0.25, 0.3) is 5.82 Å². The van der Waals surface area contributed by atoms with Crippen LogP contribution in [0, 0.1) is 18.3 Å². The van der Waals surface area contributed by atoms with E-state index in [-0.39, 0.29) is 11.0 Å². The molecular formula is C9H7ClN6. The Balaban J connectivity index is 2.58. The predicted molar refractivity (Wildman–Crippen MR) is 58.0 cm³/mol. The van der Waals surface area contributed by atoms with Crippen molar-refractivity contribution in [2.75, 3.05) is 5.73 Å². The van der Waals surface area contributed by atoms with Gasteiger partial charge in [-0.1, -0.05) is 11.6 Å². The Kier molecular flexibility index (Phi) is 2.46. The summed E-state index contributed by atoms with van der Waals surface area (Å²) < 4.78 is 1.36. The van der Waals surface area contributed by atoms with Gasteiger partial charge in [0.05, 0.1) is 5.69 Å². The molecule has 0 aliphatic heterocycles. The van der Waals surface area contributed by atoms with E-state index in [1.807, 2.05) is 6.07 Å². The lowest BCUT2D eigenvalue weighted by Gasteiger charge is -2.00. The summed E-state index contributed by atoms with van der Waals surface area (Å²) >= 11 is 5.62. The molecule has 0 spiro atoms. The fraction of sp³-hybridized carbons (Fsp3) is 0.111. The summed E-state index contributed by atoms with van der Waals surface area (Å²) in [7, 11) is 0. The van der Waals surface area contributed by atoms with Gasteiger partial charge in [-0.3, -0.25) is 0 Å². The first-order valence-electron chi connectivity index (χ1n) is 4.38. The average molecular weight is 235 g/mol. The minimum absolute atomic E-state index is 0.247. The van der Waals surface area contributed by atoms with E-state index < -0.39 is 0 Å². The van der Waals surface area contributed by atoms with E-state index in [4.69, 9.17) is 22.6 Å². The molecular weight excluding hydrogens is 228 g/mol. The van der Waals surface area contributed by atoms with Gasteiger partial charge in [-0.25, -0.2) is 0 Å². The van der Waals surface area contributed by atoms with Gasteiger partial charge in [-0.05, 0) is 19.1 Å². The summed E-state index contributed by atoms with van der Waals surface area (Å²) in [5.74, 6) is 0.670. The summed E-state index contributed by atoms with van der Waals surface area (Å²) in [4.78, 5) is 0. The van der Waals surface area contributed by atoms with E-state index in [9.17, 15) is 0 Å². The maximum atomic E-state index is 8.86. The summed E-state index contributed by atoms with van der Waals surface area (Å²) in [5.41, 5.74) is 6.66. The van der Waals surface area contributed by atoms with Crippen molar-refractivity contribution in [3.63, 3.8) is 0 Å². The molecule has 0 aliphatic carbocycles. The Morgan fingerprint density at radius 2 is 2.19 bits per heavy atom. The number of nitrogen functional groups attached to an aromatic ring is 1. The fourth-order valence-corrected chi connectivity index (χ4v) is 1.38. The average Bonchev–Trinajstić information content (AvgIpc) is 2.55. The van der Waals surface area contributed by atoms with Crippen LogP contribution in [-0.2, 0) is 0 Å². The van der Waals surface area contributed by atoms with Gasteiger partial charge in [0, 0.05) is 0 Å². The van der Waals surface area contributed by atoms with E-state index in [0.29, 0.717) is 17.1 Å². The Hall–Kier alpha value is -2.13. The molecule has 0 unspecified atom stereocenters. The minimum atomic E-state index is 0.247. The highest BCUT2D eigenvalue weighted by Gasteiger charge is 2.13. The van der Waals surface area contributed by atoms with Crippen LogP contribution in [0.4, 0.5) is 5.82 Å². The third-order valence-corrected chi connectivity index (χ3v) is 2.24. The molecule has 2 aromatic rings. The van der Waals surface area contributed by atoms with E-state index >= 15 is 0 Å². The molecule has 2 heterocycles. The molecule has 0 aromatic carbocycles. The predicted octanol–water partition coefficient (Wildman–Crippen LogP) is 1.08. The number of rotatable bonds is 1. The smallest absolute Gasteiger partial charge is 0.178 e. The molecule has 0 amide bonds. The Morgan fingerprint density at radius 1 is 1.44 bits per heavy atom. The molecule has 0 atom stereocenters. The Bertz CT molecular complexity index is 565. The third kappa shape index (κ3) is 1.57. The lowest BCUT2D eigenvalue weighted by molar-refractivity contribution is 0.812. The molecule has 16 heavy (non-hydrogen) atoms. The van der Waals surface area contributed by atoms with Crippen LogP contribution in [0.1, 0.15) is 11.3 Å². The quantitative estimate of drug-likeness (QED) is 0.797. The van der Waals surface area contributed by atoms with Gasteiger partial charge in [0.2, 0.25) is 0 Å². The van der Waals surface area contributed by atoms with Crippen LogP contribution in [0.3, 0.4) is 0 Å². The number of hydrogen-bond acceptors (Lipinski definition) is 5. The highest BCUT2D eigenvalue weighted by Crippen LogP contribution is 2.18. The molecule has 0 saturated heterocycles. The van der Waals surface area contributed by atoms with Gasteiger partial charge in [0.15, 0.2) is 11.0 Å². The molecule has 7 heteroatoms. The lowest BCUT2D eigenvalue weighted by atomic mass is 10.3. The molecule has 80 valence electrons. The molecule has 0 fully saturated rings. The van der Waals surface area contributed by atoms with Gasteiger partial charge in [0.1, 0.15) is 17.5 Å². The third-order valence-electron chi connectivity index (χ3n) is 2.04. The van der Waals surface area contributed by atoms with Gasteiger partial charge in [0.25, 0.3) is 0 Å². The zero-order valence-corrected chi connectivity index (χ0v) is 9.10. The zero-order valence-electron chi connectivity index (χ0n) is 8.35. The van der Waals surface area contributed by atoms with Crippen molar-refractivity contribution in [3.05, 3.63) is 28.5 Å². The zero-order chi connectivity index (χ0) is 11.7. The summed E-state index contributed by atoms with van der Waals surface area (Å²) in [6, 6.07) is 5.18. The van der Waals surface area contributed by atoms with Crippen molar-refractivity contribution in [1.82, 2.24) is 20.0 Å². The standard InChI is InChI=1S/C9H7ClN6/c1-5-6(4-11)9(12)16(15-5)8-3-2-7(10)13-14-8/h2-3H,12H2,1H3. The number of nitrogens with two attached hydrogens (primary N) is 1. The fourth-order valence-electron chi connectivity index (χ4n) is 1.28. The number of anilines is 1. The van der Waals surface area contributed by atoms with E-state index in [2.05, 4.69) is 15.3 Å². The monoisotopic (exact) mass is 234 g/mol. The van der Waals surface area contributed by atoms with E-state index in [1.165, 1.54) is 4.68 Å². The van der Waals surface area contributed by atoms with Crippen LogP contribution < -0.4 is 5.73 Å². The van der Waals surface area contributed by atoms with E-state index in [0.717, 1.165) is 0 Å². The van der Waals surface area contributed by atoms with Crippen LogP contribution in [-0.4, -0.2) is 20.0 Å². The first-order chi connectivity index (χ1) is 7.63. The second-order valence-electron chi connectivity index (χ2n) is 3.08. The lowest BCUT2D eigenvalue weighted by Crippen LogP contribution is -2.05. The van der Waals surface area contributed by atoms with Crippen molar-refractivity contribution in [3.8, 4) is 11.9 Å². The van der Waals surface area contributed by atoms with E-state index in [1.54, 1.807) is 19.1 Å². The van der Waals surface area contributed by atoms with Crippen molar-refractivity contribution >= 4 is 17.4 Å². The summed E-state index contributed by atoms with van der Waals surface area (Å²) in [6.45, 7) is 1.70. The number of aryl methyl sites for hydroxylation is 1. The maximum absolute atomic E-state index is 8.86. The van der Waals surface area contributed by atoms with Crippen molar-refractivity contribution < 1.29 is 0 Å². The molecule has 2 N–H and O–H groups in total. The molecule has 6 nitrogen and oxygen atoms in total. The van der Waals surface area contributed by atoms with Crippen molar-refractivity contribution in [2.24, 2.45) is 0 Å². The van der Waals surface area contributed by atoms with Crippen molar-refractivity contribution in [1.29, 1.82) is 5.26 Å². The topological polar surface area (TPSA) is 93.4 Å². The van der Waals surface area contributed by atoms with Gasteiger partial charge in [-0.2, -0.15) is 15.0 Å². The molecule has 2 aromatic heterocycles. The number of hydrogen-bond donors (Lipinski definition) is 1. The van der Waals surface area contributed by atoms with Crippen LogP contribution in [0.5, 0.6) is 0 Å². The van der Waals surface area contributed by atoms with Crippen molar-refractivity contribution in [2.45, 2.75) is 6.92 Å². The molecule has 0 saturated carbocycles. The Labute approximate surface area is 96.3 Å². The highest BCUT2D eigenvalue weighted by atomic mass is 35.5. The number of nitrogens with zero attached hydrogens (tertiary/aromatic N) is 5. The second kappa shape index (κ2) is 3.79. The molecule has 2 rings (SSSR count). The first-order valence-corrected chi connectivity index (χ1v) is 4.76. The number of aromatic nitrogens is 4. The van der Waals surface area contributed by atoms with Gasteiger partial charge < -0.3 is 5.73 Å². The largest absolute Gasteiger partial charge is 0.382 e. The SMILES string of the molecule is Cc1nn(-c2ccc(Cl)nn2)c(N)c1C#N.